The number of likely N-dealkylation sites (tertiary alicyclic amines) is 2. The van der Waals surface area contributed by atoms with Crippen LogP contribution < -0.4 is 14.8 Å². The summed E-state index contributed by atoms with van der Waals surface area (Å²) < 4.78 is 13.2. The van der Waals surface area contributed by atoms with Gasteiger partial charge in [0.15, 0.2) is 11.5 Å². The normalized spacial score (nSPS) is 18.1. The van der Waals surface area contributed by atoms with Crippen molar-refractivity contribution < 1.29 is 24.2 Å². The molecule has 4 aromatic carbocycles. The zero-order chi connectivity index (χ0) is 36.2. The Morgan fingerprint density at radius 3 is 2.40 bits per heavy atom. The Balaban J connectivity index is 1.02. The minimum absolute atomic E-state index is 0.0196. The predicted molar refractivity (Wildman–Crippen MR) is 203 cm³/mol. The van der Waals surface area contributed by atoms with Crippen molar-refractivity contribution in [2.75, 3.05) is 52.3 Å². The van der Waals surface area contributed by atoms with Crippen molar-refractivity contribution in [2.24, 2.45) is 0 Å². The van der Waals surface area contributed by atoms with Gasteiger partial charge in [-0.15, -0.1) is 0 Å². The molecule has 3 heterocycles. The fraction of sp³-hybridized carbons (Fsp3) is 0.357. The average molecular weight is 702 g/mol. The molecule has 2 aliphatic heterocycles. The summed E-state index contributed by atoms with van der Waals surface area (Å²) in [6.07, 6.45) is 3.81. The number of benzene rings is 4. The van der Waals surface area contributed by atoms with Gasteiger partial charge in [0.25, 0.3) is 5.91 Å². The van der Waals surface area contributed by atoms with Gasteiger partial charge in [-0.3, -0.25) is 4.79 Å². The minimum Gasteiger partial charge on any atom is -0.493 e. The standard InChI is InChI=1S/C42H47N5O5/c1-29-25-31(26-37(51-2)38(29)52-3)39(48)46-24-20-42(28-46,32-12-5-4-6-13-32)19-23-45-21-17-33(18-22-45)43-41-44-35-15-9-10-16-36(35)47(41)27-30-11-7-8-14-34(30)40(49)50/h4-16,25-26,33H,17-24,27-28H2,1-3H3,(H,43,44)(H,49,50). The molecule has 1 atom stereocenters. The Labute approximate surface area is 305 Å². The third-order valence-electron chi connectivity index (χ3n) is 11.0. The molecule has 0 bridgehead atoms. The number of aromatic carboxylic acids is 1. The molecule has 1 aromatic heterocycles. The maximum absolute atomic E-state index is 13.9. The van der Waals surface area contributed by atoms with Crippen LogP contribution in [0.1, 0.15) is 63.1 Å². The van der Waals surface area contributed by atoms with E-state index in [1.54, 1.807) is 32.4 Å². The van der Waals surface area contributed by atoms with E-state index in [0.717, 1.165) is 73.4 Å². The van der Waals surface area contributed by atoms with Gasteiger partial charge in [0.1, 0.15) is 0 Å². The Morgan fingerprint density at radius 2 is 1.65 bits per heavy atom. The molecular formula is C42H47N5O5. The number of amides is 1. The summed E-state index contributed by atoms with van der Waals surface area (Å²) in [6.45, 7) is 6.58. The number of ether oxygens (including phenoxy) is 2. The molecular weight excluding hydrogens is 654 g/mol. The lowest BCUT2D eigenvalue weighted by molar-refractivity contribution is 0.0694. The number of fused-ring (bicyclic) bond motifs is 1. The van der Waals surface area contributed by atoms with E-state index in [1.165, 1.54) is 5.56 Å². The number of hydrogen-bond acceptors (Lipinski definition) is 7. The van der Waals surface area contributed by atoms with E-state index in [0.29, 0.717) is 42.3 Å². The van der Waals surface area contributed by atoms with Crippen molar-refractivity contribution in [3.63, 3.8) is 0 Å². The first-order valence-corrected chi connectivity index (χ1v) is 18.1. The van der Waals surface area contributed by atoms with Crippen molar-refractivity contribution >= 4 is 28.9 Å². The van der Waals surface area contributed by atoms with Crippen molar-refractivity contribution in [1.82, 2.24) is 19.4 Å². The number of nitrogens with one attached hydrogen (secondary N) is 1. The molecule has 7 rings (SSSR count). The topological polar surface area (TPSA) is 109 Å². The third-order valence-corrected chi connectivity index (χ3v) is 11.0. The summed E-state index contributed by atoms with van der Waals surface area (Å²) in [5, 5.41) is 13.5. The lowest BCUT2D eigenvalue weighted by Gasteiger charge is -2.36. The van der Waals surface area contributed by atoms with Crippen LogP contribution in [0.5, 0.6) is 11.5 Å². The summed E-state index contributed by atoms with van der Waals surface area (Å²) in [6, 6.07) is 29.8. The van der Waals surface area contributed by atoms with Gasteiger partial charge in [-0.1, -0.05) is 60.7 Å². The van der Waals surface area contributed by atoms with Gasteiger partial charge >= 0.3 is 5.97 Å². The lowest BCUT2D eigenvalue weighted by atomic mass is 9.76. The number of imidazole rings is 1. The van der Waals surface area contributed by atoms with E-state index in [1.807, 2.05) is 54.3 Å². The van der Waals surface area contributed by atoms with Crippen LogP contribution in [0, 0.1) is 6.92 Å². The first-order valence-electron chi connectivity index (χ1n) is 18.1. The highest BCUT2D eigenvalue weighted by Crippen LogP contribution is 2.40. The van der Waals surface area contributed by atoms with E-state index >= 15 is 0 Å². The maximum atomic E-state index is 13.9. The first-order chi connectivity index (χ1) is 25.3. The summed E-state index contributed by atoms with van der Waals surface area (Å²) >= 11 is 0. The SMILES string of the molecule is COc1cc(C(=O)N2CCC(CCN3CCC(Nc4nc5ccccc5n4Cc4ccccc4C(=O)O)CC3)(c3ccccc3)C2)cc(C)c1OC. The van der Waals surface area contributed by atoms with Crippen LogP contribution in [-0.2, 0) is 12.0 Å². The Morgan fingerprint density at radius 1 is 0.923 bits per heavy atom. The van der Waals surface area contributed by atoms with E-state index in [2.05, 4.69) is 45.1 Å². The molecule has 1 unspecified atom stereocenters. The highest BCUT2D eigenvalue weighted by molar-refractivity contribution is 5.95. The third kappa shape index (κ3) is 7.08. The van der Waals surface area contributed by atoms with Crippen LogP contribution in [0.3, 0.4) is 0 Å². The highest BCUT2D eigenvalue weighted by Gasteiger charge is 2.42. The van der Waals surface area contributed by atoms with E-state index in [9.17, 15) is 14.7 Å². The maximum Gasteiger partial charge on any atom is 0.336 e. The average Bonchev–Trinajstić information content (AvgIpc) is 3.76. The van der Waals surface area contributed by atoms with E-state index < -0.39 is 5.97 Å². The number of methoxy groups -OCH3 is 2. The van der Waals surface area contributed by atoms with Gasteiger partial charge in [0.2, 0.25) is 5.95 Å². The zero-order valence-electron chi connectivity index (χ0n) is 30.2. The van der Waals surface area contributed by atoms with Gasteiger partial charge < -0.3 is 34.3 Å². The monoisotopic (exact) mass is 701 g/mol. The second-order valence-corrected chi connectivity index (χ2v) is 14.1. The van der Waals surface area contributed by atoms with Crippen LogP contribution in [0.15, 0.2) is 91.0 Å². The Hall–Kier alpha value is -5.35. The van der Waals surface area contributed by atoms with Crippen LogP contribution in [0.4, 0.5) is 5.95 Å². The van der Waals surface area contributed by atoms with Gasteiger partial charge in [-0.05, 0) is 86.2 Å². The van der Waals surface area contributed by atoms with E-state index in [4.69, 9.17) is 14.5 Å². The number of nitrogens with zero attached hydrogens (tertiary/aromatic N) is 4. The number of carbonyl (C=O) groups is 2. The molecule has 2 N–H and O–H groups in total. The number of carboxylic acid groups (broad SMARTS) is 1. The largest absolute Gasteiger partial charge is 0.493 e. The highest BCUT2D eigenvalue weighted by atomic mass is 16.5. The van der Waals surface area contributed by atoms with Crippen LogP contribution in [-0.4, -0.2) is 89.3 Å². The van der Waals surface area contributed by atoms with Crippen molar-refractivity contribution in [3.05, 3.63) is 119 Å². The summed E-state index contributed by atoms with van der Waals surface area (Å²) in [5.74, 6) is 1.08. The predicted octanol–water partition coefficient (Wildman–Crippen LogP) is 6.86. The number of aromatic nitrogens is 2. The van der Waals surface area contributed by atoms with Crippen molar-refractivity contribution in [1.29, 1.82) is 0 Å². The minimum atomic E-state index is -0.930. The molecule has 270 valence electrons. The molecule has 2 saturated heterocycles. The summed E-state index contributed by atoms with van der Waals surface area (Å²) in [7, 11) is 3.21. The van der Waals surface area contributed by atoms with Gasteiger partial charge in [0, 0.05) is 43.2 Å². The van der Waals surface area contributed by atoms with Gasteiger partial charge in [-0.2, -0.15) is 0 Å². The zero-order valence-corrected chi connectivity index (χ0v) is 30.2. The van der Waals surface area contributed by atoms with Crippen LogP contribution in [0.2, 0.25) is 0 Å². The molecule has 52 heavy (non-hydrogen) atoms. The smallest absolute Gasteiger partial charge is 0.336 e. The van der Waals surface area contributed by atoms with Crippen molar-refractivity contribution in [3.8, 4) is 11.5 Å². The number of anilines is 1. The van der Waals surface area contributed by atoms with Gasteiger partial charge in [0.05, 0.1) is 37.4 Å². The first kappa shape index (κ1) is 35.1. The molecule has 1 amide bonds. The molecule has 5 aromatic rings. The number of piperidine rings is 1. The molecule has 0 spiro atoms. The van der Waals surface area contributed by atoms with Crippen molar-refractivity contribution in [2.45, 2.75) is 50.6 Å². The second kappa shape index (κ2) is 15.1. The number of para-hydroxylation sites is 2. The Bertz CT molecular complexity index is 2050. The fourth-order valence-corrected chi connectivity index (χ4v) is 8.12. The second-order valence-electron chi connectivity index (χ2n) is 14.1. The summed E-state index contributed by atoms with van der Waals surface area (Å²) in [5.41, 5.74) is 5.55. The molecule has 0 radical (unpaired) electrons. The molecule has 2 fully saturated rings. The number of aryl methyl sites for hydroxylation is 1. The quantitative estimate of drug-likeness (QED) is 0.145. The molecule has 0 aliphatic carbocycles. The number of carboxylic acids is 1. The van der Waals surface area contributed by atoms with E-state index in [-0.39, 0.29) is 17.4 Å². The lowest BCUT2D eigenvalue weighted by Crippen LogP contribution is -2.42. The molecule has 2 aliphatic rings. The molecule has 0 saturated carbocycles. The van der Waals surface area contributed by atoms with Crippen LogP contribution in [0.25, 0.3) is 11.0 Å². The molecule has 10 heteroatoms. The number of carbonyl (C=O) groups excluding carboxylic acids is 1. The van der Waals surface area contributed by atoms with Crippen LogP contribution >= 0.6 is 0 Å². The summed E-state index contributed by atoms with van der Waals surface area (Å²) in [4.78, 5) is 35.4. The molecule has 10 nitrogen and oxygen atoms in total. The van der Waals surface area contributed by atoms with Gasteiger partial charge in [-0.25, -0.2) is 9.78 Å². The number of hydrogen-bond donors (Lipinski definition) is 2. The number of rotatable bonds is 12. The fourth-order valence-electron chi connectivity index (χ4n) is 8.12. The Kier molecular flexibility index (Phi) is 10.2.